The molecule has 0 atom stereocenters. The van der Waals surface area contributed by atoms with Gasteiger partial charge in [-0.05, 0) is 59.5 Å². The Labute approximate surface area is 236 Å². The van der Waals surface area contributed by atoms with Crippen LogP contribution in [0.25, 0.3) is 21.0 Å². The van der Waals surface area contributed by atoms with Crippen LogP contribution in [-0.4, -0.2) is 22.8 Å². The Bertz CT molecular complexity index is 1650. The Kier molecular flexibility index (Phi) is 7.61. The summed E-state index contributed by atoms with van der Waals surface area (Å²) in [5.74, 6) is 0.363. The molecular weight excluding hydrogens is 523 g/mol. The molecule has 0 unspecified atom stereocenters. The molecule has 1 aliphatic rings. The molecule has 196 valence electrons. The Hall–Kier alpha value is -3.68. The van der Waals surface area contributed by atoms with Gasteiger partial charge in [0.15, 0.2) is 4.34 Å². The van der Waals surface area contributed by atoms with Crippen molar-refractivity contribution in [2.75, 3.05) is 5.32 Å². The van der Waals surface area contributed by atoms with Gasteiger partial charge in [-0.1, -0.05) is 85.6 Å². The summed E-state index contributed by atoms with van der Waals surface area (Å²) in [5, 5.41) is 8.63. The van der Waals surface area contributed by atoms with Crippen LogP contribution in [0.1, 0.15) is 58.4 Å². The lowest BCUT2D eigenvalue weighted by Crippen LogP contribution is -2.37. The third kappa shape index (κ3) is 5.84. The monoisotopic (exact) mass is 551 g/mol. The second-order valence-corrected chi connectivity index (χ2v) is 12.2. The van der Waals surface area contributed by atoms with E-state index in [-0.39, 0.29) is 17.9 Å². The van der Waals surface area contributed by atoms with Crippen molar-refractivity contribution in [3.05, 3.63) is 102 Å². The maximum absolute atomic E-state index is 13.2. The Morgan fingerprint density at radius 3 is 2.44 bits per heavy atom. The van der Waals surface area contributed by atoms with Crippen LogP contribution in [-0.2, 0) is 5.75 Å². The summed E-state index contributed by atoms with van der Waals surface area (Å²) in [6.07, 6.45) is 5.49. The molecular formula is C32H29N3O2S2. The average Bonchev–Trinajstić information content (AvgIpc) is 3.39. The zero-order valence-electron chi connectivity index (χ0n) is 21.5. The van der Waals surface area contributed by atoms with Gasteiger partial charge in [-0.3, -0.25) is 9.59 Å². The molecule has 7 heteroatoms. The molecule has 5 aromatic rings. The first-order valence-electron chi connectivity index (χ1n) is 13.4. The fourth-order valence-electron chi connectivity index (χ4n) is 5.19. The Morgan fingerprint density at radius 2 is 1.59 bits per heavy atom. The molecule has 2 N–H and O–H groups in total. The van der Waals surface area contributed by atoms with Gasteiger partial charge in [0.25, 0.3) is 11.8 Å². The van der Waals surface area contributed by atoms with Crippen molar-refractivity contribution in [3.8, 4) is 0 Å². The van der Waals surface area contributed by atoms with E-state index in [1.54, 1.807) is 47.4 Å². The smallest absolute Gasteiger partial charge is 0.256 e. The van der Waals surface area contributed by atoms with Crippen LogP contribution in [0, 0.1) is 0 Å². The van der Waals surface area contributed by atoms with E-state index in [4.69, 9.17) is 4.98 Å². The molecule has 1 fully saturated rings. The van der Waals surface area contributed by atoms with Crippen molar-refractivity contribution in [1.82, 2.24) is 10.3 Å². The minimum Gasteiger partial charge on any atom is -0.349 e. The zero-order chi connectivity index (χ0) is 26.6. The number of hydrogen-bond acceptors (Lipinski definition) is 5. The number of fused-ring (bicyclic) bond motifs is 2. The summed E-state index contributed by atoms with van der Waals surface area (Å²) < 4.78 is 2.00. The van der Waals surface area contributed by atoms with Gasteiger partial charge in [0.2, 0.25) is 0 Å². The van der Waals surface area contributed by atoms with Crippen LogP contribution >= 0.6 is 23.1 Å². The van der Waals surface area contributed by atoms with E-state index in [9.17, 15) is 9.59 Å². The van der Waals surface area contributed by atoms with Crippen LogP contribution < -0.4 is 10.6 Å². The number of carbonyl (C=O) groups is 2. The molecule has 2 amide bonds. The highest BCUT2D eigenvalue weighted by Crippen LogP contribution is 2.34. The van der Waals surface area contributed by atoms with Gasteiger partial charge in [-0.25, -0.2) is 4.98 Å². The largest absolute Gasteiger partial charge is 0.349 e. The first-order valence-corrected chi connectivity index (χ1v) is 15.2. The average molecular weight is 552 g/mol. The number of hydrogen-bond donors (Lipinski definition) is 2. The van der Waals surface area contributed by atoms with Gasteiger partial charge in [0, 0.05) is 17.5 Å². The predicted octanol–water partition coefficient (Wildman–Crippen LogP) is 8.06. The molecule has 0 bridgehead atoms. The van der Waals surface area contributed by atoms with E-state index in [0.29, 0.717) is 16.8 Å². The minimum atomic E-state index is -0.293. The van der Waals surface area contributed by atoms with E-state index >= 15 is 0 Å². The molecule has 1 aromatic heterocycles. The lowest BCUT2D eigenvalue weighted by atomic mass is 9.95. The number of rotatable bonds is 7. The number of anilines is 1. The standard InChI is InChI=1S/C32H29N3O2S2/c36-30(33-23-12-2-1-3-13-23)26-15-6-7-16-27(26)31(37)34-24-17-18-28-29(19-24)39-32(35-28)38-20-22-11-8-10-21-9-4-5-14-25(21)22/h4-11,14-19,23H,1-3,12-13,20H2,(H,33,36)(H,34,37). The lowest BCUT2D eigenvalue weighted by molar-refractivity contribution is 0.0917. The highest BCUT2D eigenvalue weighted by Gasteiger charge is 2.21. The van der Waals surface area contributed by atoms with Crippen LogP contribution in [0.15, 0.2) is 89.3 Å². The number of aromatic nitrogens is 1. The van der Waals surface area contributed by atoms with E-state index in [2.05, 4.69) is 53.1 Å². The van der Waals surface area contributed by atoms with Crippen LogP contribution in [0.4, 0.5) is 5.69 Å². The van der Waals surface area contributed by atoms with Crippen LogP contribution in [0.2, 0.25) is 0 Å². The number of nitrogens with zero attached hydrogens (tertiary/aromatic N) is 1. The number of nitrogens with one attached hydrogen (secondary N) is 2. The summed E-state index contributed by atoms with van der Waals surface area (Å²) in [7, 11) is 0. The summed E-state index contributed by atoms with van der Waals surface area (Å²) in [6.45, 7) is 0. The zero-order valence-corrected chi connectivity index (χ0v) is 23.1. The first kappa shape index (κ1) is 25.6. The van der Waals surface area contributed by atoms with Gasteiger partial charge in [-0.15, -0.1) is 11.3 Å². The van der Waals surface area contributed by atoms with Gasteiger partial charge < -0.3 is 10.6 Å². The number of thioether (sulfide) groups is 1. The van der Waals surface area contributed by atoms with Gasteiger partial charge >= 0.3 is 0 Å². The fourth-order valence-corrected chi connectivity index (χ4v) is 7.30. The van der Waals surface area contributed by atoms with Gasteiger partial charge in [0.05, 0.1) is 21.3 Å². The van der Waals surface area contributed by atoms with Crippen LogP contribution in [0.5, 0.6) is 0 Å². The first-order chi connectivity index (χ1) is 19.1. The second-order valence-electron chi connectivity index (χ2n) is 9.90. The van der Waals surface area contributed by atoms with Gasteiger partial charge in [0.1, 0.15) is 0 Å². The van der Waals surface area contributed by atoms with E-state index in [0.717, 1.165) is 46.0 Å². The van der Waals surface area contributed by atoms with Crippen molar-refractivity contribution in [2.45, 2.75) is 48.2 Å². The van der Waals surface area contributed by atoms with Gasteiger partial charge in [-0.2, -0.15) is 0 Å². The molecule has 39 heavy (non-hydrogen) atoms. The van der Waals surface area contributed by atoms with E-state index in [1.807, 2.05) is 18.2 Å². The number of carbonyl (C=O) groups excluding carboxylic acids is 2. The molecule has 1 aliphatic carbocycles. The van der Waals surface area contributed by atoms with Crippen molar-refractivity contribution < 1.29 is 9.59 Å². The maximum atomic E-state index is 13.2. The Morgan fingerprint density at radius 1 is 0.846 bits per heavy atom. The van der Waals surface area contributed by atoms with Crippen molar-refractivity contribution in [1.29, 1.82) is 0 Å². The summed E-state index contributed by atoms with van der Waals surface area (Å²) in [5.41, 5.74) is 3.67. The molecule has 1 saturated carbocycles. The summed E-state index contributed by atoms with van der Waals surface area (Å²) >= 11 is 3.35. The van der Waals surface area contributed by atoms with Crippen molar-refractivity contribution in [2.24, 2.45) is 0 Å². The topological polar surface area (TPSA) is 71.1 Å². The molecule has 5 nitrogen and oxygen atoms in total. The highest BCUT2D eigenvalue weighted by molar-refractivity contribution is 8.00. The number of amides is 2. The second kappa shape index (κ2) is 11.6. The van der Waals surface area contributed by atoms with E-state index < -0.39 is 0 Å². The SMILES string of the molecule is O=C(Nc1ccc2nc(SCc3cccc4ccccc34)sc2c1)c1ccccc1C(=O)NC1CCCCC1. The van der Waals surface area contributed by atoms with E-state index in [1.165, 1.54) is 22.8 Å². The lowest BCUT2D eigenvalue weighted by Gasteiger charge is -2.23. The third-order valence-corrected chi connectivity index (χ3v) is 9.42. The Balaban J connectivity index is 1.15. The minimum absolute atomic E-state index is 0.182. The predicted molar refractivity (Wildman–Crippen MR) is 162 cm³/mol. The molecule has 0 spiro atoms. The quantitative estimate of drug-likeness (QED) is 0.201. The maximum Gasteiger partial charge on any atom is 0.256 e. The third-order valence-electron chi connectivity index (χ3n) is 7.21. The molecule has 0 aliphatic heterocycles. The number of thiazole rings is 1. The molecule has 0 radical (unpaired) electrons. The summed E-state index contributed by atoms with van der Waals surface area (Å²) in [6, 6.07) is 27.8. The van der Waals surface area contributed by atoms with Crippen molar-refractivity contribution >= 4 is 61.6 Å². The molecule has 4 aromatic carbocycles. The summed E-state index contributed by atoms with van der Waals surface area (Å²) in [4.78, 5) is 31.0. The van der Waals surface area contributed by atoms with Crippen molar-refractivity contribution in [3.63, 3.8) is 0 Å². The molecule has 0 saturated heterocycles. The van der Waals surface area contributed by atoms with Crippen LogP contribution in [0.3, 0.4) is 0 Å². The highest BCUT2D eigenvalue weighted by atomic mass is 32.2. The molecule has 6 rings (SSSR count). The molecule has 1 heterocycles. The number of benzene rings is 4. The fraction of sp³-hybridized carbons (Fsp3) is 0.219. The normalized spacial score (nSPS) is 13.9.